The largest absolute Gasteiger partial charge is 0.466 e. The molecule has 3 rings (SSSR count). The summed E-state index contributed by atoms with van der Waals surface area (Å²) >= 11 is 1.37. The summed E-state index contributed by atoms with van der Waals surface area (Å²) in [7, 11) is -3.73. The van der Waals surface area contributed by atoms with Crippen LogP contribution in [-0.4, -0.2) is 60.7 Å². The highest BCUT2D eigenvalue weighted by molar-refractivity contribution is 7.88. The van der Waals surface area contributed by atoms with E-state index in [1.807, 2.05) is 0 Å². The van der Waals surface area contributed by atoms with Crippen molar-refractivity contribution in [1.29, 1.82) is 0 Å². The van der Waals surface area contributed by atoms with Crippen molar-refractivity contribution < 1.29 is 27.5 Å². The first kappa shape index (κ1) is 18.4. The minimum atomic E-state index is -3.73. The third-order valence-electron chi connectivity index (χ3n) is 4.04. The molecular formula is C15H17N3O6S2. The van der Waals surface area contributed by atoms with Gasteiger partial charge in [-0.25, -0.2) is 27.2 Å². The van der Waals surface area contributed by atoms with Gasteiger partial charge in [0.15, 0.2) is 5.60 Å². The van der Waals surface area contributed by atoms with E-state index >= 15 is 0 Å². The first-order valence-electron chi connectivity index (χ1n) is 7.59. The van der Waals surface area contributed by atoms with Crippen LogP contribution in [0.5, 0.6) is 0 Å². The third kappa shape index (κ3) is 3.32. The van der Waals surface area contributed by atoms with Crippen molar-refractivity contribution in [1.82, 2.24) is 14.5 Å². The highest BCUT2D eigenvalue weighted by Gasteiger charge is 2.40. The Morgan fingerprint density at radius 1 is 1.42 bits per heavy atom. The molecule has 140 valence electrons. The van der Waals surface area contributed by atoms with Crippen LogP contribution in [0.2, 0.25) is 0 Å². The molecule has 0 aromatic carbocycles. The molecule has 0 spiro atoms. The van der Waals surface area contributed by atoms with Gasteiger partial charge in [-0.15, -0.1) is 0 Å². The number of carbonyl (C=O) groups excluding carboxylic acids is 2. The minimum absolute atomic E-state index is 0.0602. The summed E-state index contributed by atoms with van der Waals surface area (Å²) in [5.74, 6) is 0.238. The lowest BCUT2D eigenvalue weighted by Gasteiger charge is -2.26. The maximum absolute atomic E-state index is 12.3. The standard InChI is InChI=1S/C15H17N3O6S2/c1-26(22,23)18-6-5-17(14(18)20)13(19)16-10-15(21,11-4-8-25-9-11)12-3-2-7-24-12/h2-4,7-9,21H,5-6,10H2,1H3,(H,16,19)/t15-/m1/s1. The second kappa shape index (κ2) is 6.74. The predicted octanol–water partition coefficient (Wildman–Crippen LogP) is 0.984. The van der Waals surface area contributed by atoms with Crippen LogP contribution in [-0.2, 0) is 15.6 Å². The molecule has 2 N–H and O–H groups in total. The number of sulfonamides is 1. The van der Waals surface area contributed by atoms with E-state index in [9.17, 15) is 23.1 Å². The first-order valence-corrected chi connectivity index (χ1v) is 10.4. The van der Waals surface area contributed by atoms with E-state index in [2.05, 4.69) is 5.32 Å². The van der Waals surface area contributed by atoms with Crippen LogP contribution in [0.25, 0.3) is 0 Å². The van der Waals surface area contributed by atoms with E-state index in [-0.39, 0.29) is 25.4 Å². The minimum Gasteiger partial charge on any atom is -0.466 e. The van der Waals surface area contributed by atoms with E-state index in [1.54, 1.807) is 29.0 Å². The molecule has 0 aliphatic carbocycles. The lowest BCUT2D eigenvalue weighted by Crippen LogP contribution is -2.48. The number of thiophene rings is 1. The molecule has 3 heterocycles. The molecule has 0 saturated carbocycles. The highest BCUT2D eigenvalue weighted by atomic mass is 32.2. The fraction of sp³-hybridized carbons (Fsp3) is 0.333. The van der Waals surface area contributed by atoms with Crippen molar-refractivity contribution in [2.75, 3.05) is 25.9 Å². The van der Waals surface area contributed by atoms with Gasteiger partial charge in [0.1, 0.15) is 5.76 Å². The zero-order chi connectivity index (χ0) is 18.9. The van der Waals surface area contributed by atoms with Crippen LogP contribution in [0.4, 0.5) is 9.59 Å². The number of hydrogen-bond donors (Lipinski definition) is 2. The molecular weight excluding hydrogens is 382 g/mol. The number of amides is 4. The van der Waals surface area contributed by atoms with Gasteiger partial charge in [-0.05, 0) is 29.0 Å². The Kier molecular flexibility index (Phi) is 4.78. The number of furan rings is 1. The van der Waals surface area contributed by atoms with Crippen molar-refractivity contribution >= 4 is 33.4 Å². The van der Waals surface area contributed by atoms with Gasteiger partial charge < -0.3 is 14.8 Å². The van der Waals surface area contributed by atoms with Crippen molar-refractivity contribution in [3.05, 3.63) is 46.5 Å². The fourth-order valence-corrected chi connectivity index (χ4v) is 4.18. The second-order valence-electron chi connectivity index (χ2n) is 5.78. The number of aliphatic hydroxyl groups is 1. The van der Waals surface area contributed by atoms with Gasteiger partial charge in [-0.3, -0.25) is 0 Å². The van der Waals surface area contributed by atoms with E-state index in [4.69, 9.17) is 4.42 Å². The normalized spacial score (nSPS) is 17.4. The molecule has 1 fully saturated rings. The molecule has 26 heavy (non-hydrogen) atoms. The van der Waals surface area contributed by atoms with Crippen LogP contribution < -0.4 is 5.32 Å². The van der Waals surface area contributed by atoms with Crippen LogP contribution in [0.15, 0.2) is 39.6 Å². The number of hydrogen-bond acceptors (Lipinski definition) is 7. The number of nitrogens with zero attached hydrogens (tertiary/aromatic N) is 2. The van der Waals surface area contributed by atoms with E-state index in [1.165, 1.54) is 17.6 Å². The molecule has 2 aromatic heterocycles. The van der Waals surface area contributed by atoms with Crippen LogP contribution in [0.3, 0.4) is 0 Å². The van der Waals surface area contributed by atoms with Gasteiger partial charge in [-0.2, -0.15) is 11.3 Å². The fourth-order valence-electron chi connectivity index (χ4n) is 2.66. The van der Waals surface area contributed by atoms with E-state index < -0.39 is 27.7 Å². The van der Waals surface area contributed by atoms with Crippen LogP contribution >= 0.6 is 11.3 Å². The molecule has 11 heteroatoms. The Morgan fingerprint density at radius 2 is 2.19 bits per heavy atom. The lowest BCUT2D eigenvalue weighted by atomic mass is 9.93. The second-order valence-corrected chi connectivity index (χ2v) is 8.46. The number of carbonyl (C=O) groups is 2. The number of imide groups is 1. The van der Waals surface area contributed by atoms with Gasteiger partial charge >= 0.3 is 12.1 Å². The topological polar surface area (TPSA) is 120 Å². The molecule has 0 radical (unpaired) electrons. The molecule has 9 nitrogen and oxygen atoms in total. The quantitative estimate of drug-likeness (QED) is 0.773. The Hall–Kier alpha value is -2.37. The SMILES string of the molecule is CS(=O)(=O)N1CCN(C(=O)NC[C@@](O)(c2ccsc2)c2ccco2)C1=O. The average Bonchev–Trinajstić information content (AvgIpc) is 3.31. The predicted molar refractivity (Wildman–Crippen MR) is 93.1 cm³/mol. The summed E-state index contributed by atoms with van der Waals surface area (Å²) in [6, 6.07) is 3.19. The Morgan fingerprint density at radius 3 is 2.73 bits per heavy atom. The average molecular weight is 399 g/mol. The van der Waals surface area contributed by atoms with Gasteiger partial charge in [-0.1, -0.05) is 0 Å². The zero-order valence-corrected chi connectivity index (χ0v) is 15.4. The van der Waals surface area contributed by atoms with Gasteiger partial charge in [0.05, 0.1) is 32.2 Å². The third-order valence-corrected chi connectivity index (χ3v) is 5.86. The van der Waals surface area contributed by atoms with Gasteiger partial charge in [0.2, 0.25) is 10.0 Å². The first-order chi connectivity index (χ1) is 12.2. The number of rotatable bonds is 5. The molecule has 1 saturated heterocycles. The summed E-state index contributed by atoms with van der Waals surface area (Å²) in [5.41, 5.74) is -1.08. The molecule has 4 amide bonds. The van der Waals surface area contributed by atoms with Crippen LogP contribution in [0.1, 0.15) is 11.3 Å². The zero-order valence-electron chi connectivity index (χ0n) is 13.8. The summed E-state index contributed by atoms with van der Waals surface area (Å²) in [6.45, 7) is -0.411. The molecule has 1 aliphatic heterocycles. The van der Waals surface area contributed by atoms with Gasteiger partial charge in [0.25, 0.3) is 0 Å². The molecule has 2 aromatic rings. The lowest BCUT2D eigenvalue weighted by molar-refractivity contribution is 0.0581. The Balaban J connectivity index is 1.75. The molecule has 0 bridgehead atoms. The monoisotopic (exact) mass is 399 g/mol. The van der Waals surface area contributed by atoms with Gasteiger partial charge in [0, 0.05) is 5.56 Å². The summed E-state index contributed by atoms with van der Waals surface area (Å²) < 4.78 is 29.0. The van der Waals surface area contributed by atoms with Crippen molar-refractivity contribution in [2.45, 2.75) is 5.60 Å². The van der Waals surface area contributed by atoms with Crippen LogP contribution in [0, 0.1) is 0 Å². The summed E-state index contributed by atoms with van der Waals surface area (Å²) in [5, 5.41) is 17.0. The molecule has 1 atom stereocenters. The van der Waals surface area contributed by atoms with E-state index in [0.29, 0.717) is 9.87 Å². The van der Waals surface area contributed by atoms with Crippen molar-refractivity contribution in [3.8, 4) is 0 Å². The Bertz CT molecular complexity index is 858. The van der Waals surface area contributed by atoms with E-state index in [0.717, 1.165) is 11.2 Å². The Labute approximate surface area is 153 Å². The summed E-state index contributed by atoms with van der Waals surface area (Å²) in [6.07, 6.45) is 2.31. The number of urea groups is 2. The maximum atomic E-state index is 12.3. The molecule has 1 aliphatic rings. The highest BCUT2D eigenvalue weighted by Crippen LogP contribution is 2.31. The smallest absolute Gasteiger partial charge is 0.341 e. The number of nitrogens with one attached hydrogen (secondary N) is 1. The van der Waals surface area contributed by atoms with Crippen molar-refractivity contribution in [3.63, 3.8) is 0 Å². The molecule has 0 unspecified atom stereocenters. The summed E-state index contributed by atoms with van der Waals surface area (Å²) in [4.78, 5) is 25.2. The maximum Gasteiger partial charge on any atom is 0.341 e. The van der Waals surface area contributed by atoms with Crippen molar-refractivity contribution in [2.24, 2.45) is 0 Å².